The van der Waals surface area contributed by atoms with E-state index in [0.717, 1.165) is 6.20 Å². The number of amides is 2. The molecule has 3 rings (SSSR count). The maximum Gasteiger partial charge on any atom is 0.323 e. The van der Waals surface area contributed by atoms with Crippen LogP contribution in [0.3, 0.4) is 0 Å². The van der Waals surface area contributed by atoms with Gasteiger partial charge in [0, 0.05) is 12.7 Å². The fourth-order valence-electron chi connectivity index (χ4n) is 2.33. The van der Waals surface area contributed by atoms with Gasteiger partial charge in [0.05, 0.1) is 53.5 Å². The average molecular weight is 392 g/mol. The third-order valence-corrected chi connectivity index (χ3v) is 3.91. The SMILES string of the molecule is COC(C)c1c(F)cncc1NC(=O)Nc1cnc(-n2nccn2)c(Cl)c1. The fraction of sp³-hybridized carbons (Fsp3) is 0.188. The van der Waals surface area contributed by atoms with Crippen LogP contribution in [0.15, 0.2) is 37.1 Å². The lowest BCUT2D eigenvalue weighted by atomic mass is 10.1. The summed E-state index contributed by atoms with van der Waals surface area (Å²) in [4.78, 5) is 21.4. The second-order valence-corrected chi connectivity index (χ2v) is 5.79. The van der Waals surface area contributed by atoms with Gasteiger partial charge in [-0.15, -0.1) is 4.80 Å². The normalized spacial score (nSPS) is 11.9. The molecular formula is C16H15ClFN7O2. The van der Waals surface area contributed by atoms with Crippen LogP contribution in [0.2, 0.25) is 5.02 Å². The zero-order valence-corrected chi connectivity index (χ0v) is 15.1. The van der Waals surface area contributed by atoms with E-state index in [4.69, 9.17) is 16.3 Å². The van der Waals surface area contributed by atoms with Gasteiger partial charge in [-0.3, -0.25) is 4.98 Å². The highest BCUT2D eigenvalue weighted by Crippen LogP contribution is 2.27. The number of anilines is 2. The number of nitrogens with one attached hydrogen (secondary N) is 2. The van der Waals surface area contributed by atoms with E-state index < -0.39 is 18.0 Å². The molecule has 140 valence electrons. The maximum atomic E-state index is 14.0. The van der Waals surface area contributed by atoms with Crippen LogP contribution in [0.25, 0.3) is 5.82 Å². The number of hydrogen-bond donors (Lipinski definition) is 2. The van der Waals surface area contributed by atoms with Crippen LogP contribution in [-0.4, -0.2) is 38.1 Å². The molecule has 1 atom stereocenters. The summed E-state index contributed by atoms with van der Waals surface area (Å²) >= 11 is 6.16. The maximum absolute atomic E-state index is 14.0. The van der Waals surface area contributed by atoms with E-state index in [2.05, 4.69) is 30.8 Å². The summed E-state index contributed by atoms with van der Waals surface area (Å²) < 4.78 is 19.2. The number of urea groups is 1. The number of methoxy groups -OCH3 is 1. The third kappa shape index (κ3) is 4.18. The fourth-order valence-corrected chi connectivity index (χ4v) is 2.57. The zero-order chi connectivity index (χ0) is 19.4. The topological polar surface area (TPSA) is 107 Å². The Morgan fingerprint density at radius 1 is 1.26 bits per heavy atom. The number of halogens is 2. The highest BCUT2D eigenvalue weighted by molar-refractivity contribution is 6.32. The molecule has 11 heteroatoms. The van der Waals surface area contributed by atoms with Crippen molar-refractivity contribution in [2.45, 2.75) is 13.0 Å². The molecule has 0 aliphatic carbocycles. The number of nitrogens with zero attached hydrogens (tertiary/aromatic N) is 5. The molecule has 0 aromatic carbocycles. The largest absolute Gasteiger partial charge is 0.377 e. The van der Waals surface area contributed by atoms with Gasteiger partial charge in [0.15, 0.2) is 5.82 Å². The van der Waals surface area contributed by atoms with Gasteiger partial charge in [0.2, 0.25) is 0 Å². The number of carbonyl (C=O) groups excluding carboxylic acids is 1. The van der Waals surface area contributed by atoms with Crippen molar-refractivity contribution in [3.63, 3.8) is 0 Å². The van der Waals surface area contributed by atoms with E-state index in [1.54, 1.807) is 6.92 Å². The molecule has 2 amide bonds. The summed E-state index contributed by atoms with van der Waals surface area (Å²) in [6, 6.07) is 0.879. The third-order valence-electron chi connectivity index (χ3n) is 3.64. The lowest BCUT2D eigenvalue weighted by molar-refractivity contribution is 0.117. The van der Waals surface area contributed by atoms with Gasteiger partial charge in [-0.25, -0.2) is 14.2 Å². The molecule has 0 aliphatic heterocycles. The second-order valence-electron chi connectivity index (χ2n) is 5.39. The standard InChI is InChI=1S/C16H15ClFN7O2/c1-9(27-2)14-12(18)7-19-8-13(14)24-16(26)23-10-5-11(17)15(20-6-10)25-21-3-4-22-25/h3-9H,1-2H3,(H2,23,24,26). The van der Waals surface area contributed by atoms with E-state index in [1.165, 1.54) is 42.8 Å². The molecule has 0 radical (unpaired) electrons. The lowest BCUT2D eigenvalue weighted by Crippen LogP contribution is -2.21. The van der Waals surface area contributed by atoms with Gasteiger partial charge in [0.25, 0.3) is 0 Å². The Balaban J connectivity index is 1.75. The van der Waals surface area contributed by atoms with Crippen molar-refractivity contribution >= 4 is 29.0 Å². The molecule has 3 heterocycles. The Kier molecular flexibility index (Phi) is 5.57. The van der Waals surface area contributed by atoms with Crippen molar-refractivity contribution in [1.29, 1.82) is 0 Å². The number of aromatic nitrogens is 5. The summed E-state index contributed by atoms with van der Waals surface area (Å²) in [5, 5.41) is 13.2. The Hall–Kier alpha value is -3.11. The molecule has 0 bridgehead atoms. The molecule has 9 nitrogen and oxygen atoms in total. The van der Waals surface area contributed by atoms with Crippen LogP contribution < -0.4 is 10.6 Å². The molecule has 27 heavy (non-hydrogen) atoms. The molecule has 3 aromatic heterocycles. The van der Waals surface area contributed by atoms with Crippen LogP contribution in [0.4, 0.5) is 20.6 Å². The van der Waals surface area contributed by atoms with Gasteiger partial charge in [-0.1, -0.05) is 11.6 Å². The number of hydrogen-bond acceptors (Lipinski definition) is 6. The molecule has 2 N–H and O–H groups in total. The minimum absolute atomic E-state index is 0.193. The molecule has 3 aromatic rings. The second kappa shape index (κ2) is 8.06. The van der Waals surface area contributed by atoms with Crippen molar-refractivity contribution in [1.82, 2.24) is 25.0 Å². The van der Waals surface area contributed by atoms with Crippen molar-refractivity contribution < 1.29 is 13.9 Å². The molecule has 0 fully saturated rings. The minimum Gasteiger partial charge on any atom is -0.377 e. The lowest BCUT2D eigenvalue weighted by Gasteiger charge is -2.16. The summed E-state index contributed by atoms with van der Waals surface area (Å²) in [5.74, 6) is -0.263. The van der Waals surface area contributed by atoms with E-state index in [-0.39, 0.29) is 16.3 Å². The van der Waals surface area contributed by atoms with Gasteiger partial charge in [0.1, 0.15) is 5.82 Å². The van der Waals surface area contributed by atoms with E-state index >= 15 is 0 Å². The van der Waals surface area contributed by atoms with Crippen molar-refractivity contribution in [3.05, 3.63) is 53.5 Å². The first-order valence-electron chi connectivity index (χ1n) is 7.76. The quantitative estimate of drug-likeness (QED) is 0.691. The van der Waals surface area contributed by atoms with Crippen molar-refractivity contribution in [2.75, 3.05) is 17.7 Å². The van der Waals surface area contributed by atoms with E-state index in [9.17, 15) is 9.18 Å². The first-order chi connectivity index (χ1) is 13.0. The Labute approximate surface area is 158 Å². The van der Waals surface area contributed by atoms with E-state index in [1.807, 2.05) is 0 Å². The summed E-state index contributed by atoms with van der Waals surface area (Å²) in [7, 11) is 1.44. The first-order valence-corrected chi connectivity index (χ1v) is 8.13. The molecule has 1 unspecified atom stereocenters. The van der Waals surface area contributed by atoms with Gasteiger partial charge in [-0.2, -0.15) is 10.2 Å². The molecule has 0 aliphatic rings. The predicted molar refractivity (Wildman–Crippen MR) is 96.4 cm³/mol. The smallest absolute Gasteiger partial charge is 0.323 e. The molecule has 0 saturated heterocycles. The first kappa shape index (κ1) is 18.7. The van der Waals surface area contributed by atoms with Crippen LogP contribution >= 0.6 is 11.6 Å². The highest BCUT2D eigenvalue weighted by atomic mass is 35.5. The Morgan fingerprint density at radius 2 is 2.00 bits per heavy atom. The van der Waals surface area contributed by atoms with Crippen molar-refractivity contribution in [3.8, 4) is 5.82 Å². The Bertz CT molecular complexity index is 952. The van der Waals surface area contributed by atoms with Crippen LogP contribution in [0.1, 0.15) is 18.6 Å². The van der Waals surface area contributed by atoms with Gasteiger partial charge >= 0.3 is 6.03 Å². The number of rotatable bonds is 5. The molecule has 0 saturated carbocycles. The number of carbonyl (C=O) groups is 1. The van der Waals surface area contributed by atoms with Crippen molar-refractivity contribution in [2.24, 2.45) is 0 Å². The summed E-state index contributed by atoms with van der Waals surface area (Å²) in [6.45, 7) is 1.66. The number of pyridine rings is 2. The van der Waals surface area contributed by atoms with Crippen LogP contribution in [0, 0.1) is 5.82 Å². The molecule has 0 spiro atoms. The summed E-state index contributed by atoms with van der Waals surface area (Å²) in [6.07, 6.45) is 6.20. The Morgan fingerprint density at radius 3 is 2.67 bits per heavy atom. The highest BCUT2D eigenvalue weighted by Gasteiger charge is 2.18. The minimum atomic E-state index is -0.616. The van der Waals surface area contributed by atoms with Gasteiger partial charge in [-0.05, 0) is 13.0 Å². The van der Waals surface area contributed by atoms with Crippen LogP contribution in [0.5, 0.6) is 0 Å². The monoisotopic (exact) mass is 391 g/mol. The number of ether oxygens (including phenoxy) is 1. The predicted octanol–water partition coefficient (Wildman–Crippen LogP) is 3.20. The molecular weight excluding hydrogens is 377 g/mol. The van der Waals surface area contributed by atoms with E-state index in [0.29, 0.717) is 11.5 Å². The summed E-state index contributed by atoms with van der Waals surface area (Å²) in [5.41, 5.74) is 0.719. The van der Waals surface area contributed by atoms with Crippen LogP contribution in [-0.2, 0) is 4.74 Å². The zero-order valence-electron chi connectivity index (χ0n) is 14.3. The van der Waals surface area contributed by atoms with Gasteiger partial charge < -0.3 is 15.4 Å². The average Bonchev–Trinajstić information content (AvgIpc) is 3.15.